The highest BCUT2D eigenvalue weighted by Crippen LogP contribution is 2.23. The third-order valence-corrected chi connectivity index (χ3v) is 2.72. The third-order valence-electron chi connectivity index (χ3n) is 1.86. The van der Waals surface area contributed by atoms with Crippen molar-refractivity contribution < 1.29 is 9.18 Å². The van der Waals surface area contributed by atoms with E-state index in [-0.39, 0.29) is 10.8 Å². The fourth-order valence-electron chi connectivity index (χ4n) is 1.18. The molecule has 0 aliphatic carbocycles. The number of thiazole rings is 1. The van der Waals surface area contributed by atoms with E-state index >= 15 is 0 Å². The molecule has 0 spiro atoms. The van der Waals surface area contributed by atoms with Gasteiger partial charge in [0.25, 0.3) is 5.91 Å². The van der Waals surface area contributed by atoms with Gasteiger partial charge in [-0.3, -0.25) is 4.79 Å². The van der Waals surface area contributed by atoms with E-state index < -0.39 is 5.91 Å². The van der Waals surface area contributed by atoms with Crippen molar-refractivity contribution in [2.24, 2.45) is 5.73 Å². The highest BCUT2D eigenvalue weighted by molar-refractivity contribution is 7.12. The maximum Gasteiger partial charge on any atom is 0.277 e. The van der Waals surface area contributed by atoms with Crippen LogP contribution in [0.15, 0.2) is 29.6 Å². The zero-order chi connectivity index (χ0) is 10.8. The molecule has 1 heterocycles. The minimum atomic E-state index is -0.595. The molecule has 0 saturated heterocycles. The largest absolute Gasteiger partial charge is 0.364 e. The van der Waals surface area contributed by atoms with Crippen LogP contribution in [-0.4, -0.2) is 10.9 Å². The zero-order valence-electron chi connectivity index (χ0n) is 7.61. The summed E-state index contributed by atoms with van der Waals surface area (Å²) < 4.78 is 13.3. The van der Waals surface area contributed by atoms with E-state index in [2.05, 4.69) is 4.98 Å². The Labute approximate surface area is 89.4 Å². The molecule has 0 aliphatic rings. The predicted octanol–water partition coefficient (Wildman–Crippen LogP) is 2.05. The summed E-state index contributed by atoms with van der Waals surface area (Å²) in [5.41, 5.74) is 5.87. The van der Waals surface area contributed by atoms with Crippen molar-refractivity contribution in [3.05, 3.63) is 40.5 Å². The number of carbonyl (C=O) groups excluding carboxylic acids is 1. The van der Waals surface area contributed by atoms with Gasteiger partial charge in [-0.05, 0) is 12.1 Å². The molecule has 2 rings (SSSR count). The molecule has 1 amide bonds. The van der Waals surface area contributed by atoms with Crippen LogP contribution in [0.1, 0.15) is 9.80 Å². The van der Waals surface area contributed by atoms with Crippen LogP contribution in [0, 0.1) is 5.82 Å². The van der Waals surface area contributed by atoms with Crippen LogP contribution >= 0.6 is 11.3 Å². The summed E-state index contributed by atoms with van der Waals surface area (Å²) in [6.07, 6.45) is 0. The van der Waals surface area contributed by atoms with Crippen molar-refractivity contribution in [2.45, 2.75) is 0 Å². The van der Waals surface area contributed by atoms with Crippen LogP contribution in [0.5, 0.6) is 0 Å². The van der Waals surface area contributed by atoms with Crippen molar-refractivity contribution in [3.63, 3.8) is 0 Å². The molecule has 0 bridgehead atoms. The van der Waals surface area contributed by atoms with Gasteiger partial charge >= 0.3 is 0 Å². The maximum atomic E-state index is 13.3. The molecule has 1 aromatic carbocycles. The van der Waals surface area contributed by atoms with Gasteiger partial charge in [-0.2, -0.15) is 0 Å². The van der Waals surface area contributed by atoms with Gasteiger partial charge < -0.3 is 5.73 Å². The monoisotopic (exact) mass is 222 g/mol. The molecule has 0 unspecified atom stereocenters. The molecular formula is C10H7FN2OS. The second-order valence-corrected chi connectivity index (χ2v) is 3.74. The SMILES string of the molecule is NC(=O)c1nc(-c2ccccc2F)cs1. The van der Waals surface area contributed by atoms with E-state index in [1.54, 1.807) is 23.6 Å². The molecule has 5 heteroatoms. The Balaban J connectivity index is 2.46. The summed E-state index contributed by atoms with van der Waals surface area (Å²) in [6, 6.07) is 6.26. The van der Waals surface area contributed by atoms with Gasteiger partial charge in [0.2, 0.25) is 0 Å². The molecular weight excluding hydrogens is 215 g/mol. The summed E-state index contributed by atoms with van der Waals surface area (Å²) in [6.45, 7) is 0. The highest BCUT2D eigenvalue weighted by atomic mass is 32.1. The molecule has 76 valence electrons. The Morgan fingerprint density at radius 3 is 2.73 bits per heavy atom. The highest BCUT2D eigenvalue weighted by Gasteiger charge is 2.11. The lowest BCUT2D eigenvalue weighted by atomic mass is 10.2. The van der Waals surface area contributed by atoms with Crippen LogP contribution in [-0.2, 0) is 0 Å². The molecule has 0 atom stereocenters. The standard InChI is InChI=1S/C10H7FN2OS/c11-7-4-2-1-3-6(7)8-5-15-10(13-8)9(12)14/h1-5H,(H2,12,14). The Kier molecular flexibility index (Phi) is 2.47. The smallest absolute Gasteiger partial charge is 0.277 e. The Morgan fingerprint density at radius 1 is 1.40 bits per heavy atom. The maximum absolute atomic E-state index is 13.3. The fraction of sp³-hybridized carbons (Fsp3) is 0. The minimum absolute atomic E-state index is 0.188. The third kappa shape index (κ3) is 1.87. The van der Waals surface area contributed by atoms with Crippen molar-refractivity contribution in [2.75, 3.05) is 0 Å². The van der Waals surface area contributed by atoms with Gasteiger partial charge in [-0.15, -0.1) is 11.3 Å². The first-order valence-corrected chi connectivity index (χ1v) is 5.06. The molecule has 1 aromatic heterocycles. The Hall–Kier alpha value is -1.75. The van der Waals surface area contributed by atoms with Crippen molar-refractivity contribution in [1.29, 1.82) is 0 Å². The average molecular weight is 222 g/mol. The average Bonchev–Trinajstić information content (AvgIpc) is 2.67. The molecule has 3 nitrogen and oxygen atoms in total. The lowest BCUT2D eigenvalue weighted by Gasteiger charge is -1.96. The number of aromatic nitrogens is 1. The van der Waals surface area contributed by atoms with Gasteiger partial charge in [0.15, 0.2) is 5.01 Å². The second-order valence-electron chi connectivity index (χ2n) is 2.88. The Morgan fingerprint density at radius 2 is 2.13 bits per heavy atom. The first kappa shape index (κ1) is 9.79. The lowest BCUT2D eigenvalue weighted by Crippen LogP contribution is -2.10. The van der Waals surface area contributed by atoms with E-state index in [9.17, 15) is 9.18 Å². The number of benzene rings is 1. The van der Waals surface area contributed by atoms with E-state index in [4.69, 9.17) is 5.73 Å². The minimum Gasteiger partial charge on any atom is -0.364 e. The number of rotatable bonds is 2. The first-order chi connectivity index (χ1) is 7.18. The van der Waals surface area contributed by atoms with Crippen molar-refractivity contribution in [1.82, 2.24) is 4.98 Å². The van der Waals surface area contributed by atoms with Crippen LogP contribution in [0.2, 0.25) is 0 Å². The summed E-state index contributed by atoms with van der Waals surface area (Å²) in [7, 11) is 0. The van der Waals surface area contributed by atoms with Gasteiger partial charge in [-0.1, -0.05) is 12.1 Å². The van der Waals surface area contributed by atoms with Crippen LogP contribution in [0.25, 0.3) is 11.3 Å². The molecule has 0 saturated carbocycles. The van der Waals surface area contributed by atoms with Gasteiger partial charge in [0, 0.05) is 10.9 Å². The first-order valence-electron chi connectivity index (χ1n) is 4.18. The van der Waals surface area contributed by atoms with Crippen molar-refractivity contribution in [3.8, 4) is 11.3 Å². The summed E-state index contributed by atoms with van der Waals surface area (Å²) in [4.78, 5) is 14.8. The van der Waals surface area contributed by atoms with E-state index in [0.717, 1.165) is 11.3 Å². The molecule has 0 radical (unpaired) electrons. The quantitative estimate of drug-likeness (QED) is 0.845. The normalized spacial score (nSPS) is 10.2. The summed E-state index contributed by atoms with van der Waals surface area (Å²) >= 11 is 1.11. The van der Waals surface area contributed by atoms with Crippen LogP contribution < -0.4 is 5.73 Å². The topological polar surface area (TPSA) is 56.0 Å². The fourth-order valence-corrected chi connectivity index (χ4v) is 1.85. The van der Waals surface area contributed by atoms with E-state index in [1.807, 2.05) is 0 Å². The van der Waals surface area contributed by atoms with E-state index in [1.165, 1.54) is 6.07 Å². The van der Waals surface area contributed by atoms with E-state index in [0.29, 0.717) is 11.3 Å². The number of hydrogen-bond donors (Lipinski definition) is 1. The van der Waals surface area contributed by atoms with Gasteiger partial charge in [-0.25, -0.2) is 9.37 Å². The number of amides is 1. The predicted molar refractivity (Wildman–Crippen MR) is 56.0 cm³/mol. The molecule has 2 N–H and O–H groups in total. The Bertz CT molecular complexity index is 510. The number of nitrogens with two attached hydrogens (primary N) is 1. The summed E-state index contributed by atoms with van der Waals surface area (Å²) in [5.74, 6) is -0.957. The number of nitrogens with zero attached hydrogens (tertiary/aromatic N) is 1. The molecule has 0 aliphatic heterocycles. The number of hydrogen-bond acceptors (Lipinski definition) is 3. The van der Waals surface area contributed by atoms with Crippen molar-refractivity contribution >= 4 is 17.2 Å². The summed E-state index contributed by atoms with van der Waals surface area (Å²) in [5, 5.41) is 1.80. The molecule has 15 heavy (non-hydrogen) atoms. The molecule has 2 aromatic rings. The van der Waals surface area contributed by atoms with Crippen LogP contribution in [0.3, 0.4) is 0 Å². The van der Waals surface area contributed by atoms with Gasteiger partial charge in [0.05, 0.1) is 5.69 Å². The van der Waals surface area contributed by atoms with Crippen LogP contribution in [0.4, 0.5) is 4.39 Å². The second kappa shape index (κ2) is 3.78. The number of carbonyl (C=O) groups is 1. The lowest BCUT2D eigenvalue weighted by molar-refractivity contribution is 0.1000. The molecule has 0 fully saturated rings. The van der Waals surface area contributed by atoms with Gasteiger partial charge in [0.1, 0.15) is 5.82 Å². The number of primary amides is 1. The zero-order valence-corrected chi connectivity index (χ0v) is 8.42. The number of halogens is 1.